The summed E-state index contributed by atoms with van der Waals surface area (Å²) in [5.74, 6) is -2.05. The van der Waals surface area contributed by atoms with Crippen molar-refractivity contribution in [3.8, 4) is 5.75 Å². The second-order valence-corrected chi connectivity index (χ2v) is 14.6. The van der Waals surface area contributed by atoms with Gasteiger partial charge in [-0.05, 0) is 66.9 Å². The quantitative estimate of drug-likeness (QED) is 0.0835. The van der Waals surface area contributed by atoms with E-state index in [0.717, 1.165) is 38.6 Å². The lowest BCUT2D eigenvalue weighted by Crippen LogP contribution is -2.42. The van der Waals surface area contributed by atoms with Crippen LogP contribution in [-0.4, -0.2) is 41.3 Å². The number of carboxylic acid groups (broad SMARTS) is 1. The van der Waals surface area contributed by atoms with Gasteiger partial charge in [-0.25, -0.2) is 9.18 Å². The summed E-state index contributed by atoms with van der Waals surface area (Å²) in [6.45, 7) is 5.79. The van der Waals surface area contributed by atoms with Crippen LogP contribution in [0.15, 0.2) is 175 Å². The summed E-state index contributed by atoms with van der Waals surface area (Å²) in [5.41, 5.74) is 7.37. The monoisotopic (exact) mass is 814 g/mol. The molecule has 0 bridgehead atoms. The fourth-order valence-corrected chi connectivity index (χ4v) is 6.49. The number of ether oxygens (including phenoxy) is 2. The number of halogens is 1. The van der Waals surface area contributed by atoms with Crippen LogP contribution < -0.4 is 10.1 Å². The number of aryl methyl sites for hydroxylation is 2. The first-order valence-electron chi connectivity index (χ1n) is 19.9. The van der Waals surface area contributed by atoms with Crippen LogP contribution in [0.1, 0.15) is 62.3 Å². The summed E-state index contributed by atoms with van der Waals surface area (Å²) in [5, 5.41) is 14.0. The van der Waals surface area contributed by atoms with Gasteiger partial charge in [0.2, 0.25) is 0 Å². The molecule has 0 aliphatic rings. The maximum absolute atomic E-state index is 14.8. The largest absolute Gasteiger partial charge is 0.489 e. The number of benzene rings is 7. The lowest BCUT2D eigenvalue weighted by Gasteiger charge is -2.15. The number of hydrogen-bond acceptors (Lipinski definition) is 6. The highest BCUT2D eigenvalue weighted by Crippen LogP contribution is 2.25. The lowest BCUT2D eigenvalue weighted by molar-refractivity contribution is -0.146. The Balaban J connectivity index is 0.000000218. The van der Waals surface area contributed by atoms with Crippen LogP contribution in [0.5, 0.6) is 5.75 Å². The van der Waals surface area contributed by atoms with E-state index in [4.69, 9.17) is 9.47 Å². The second kappa shape index (κ2) is 21.0. The van der Waals surface area contributed by atoms with Crippen LogP contribution in [0.25, 0.3) is 10.8 Å². The number of carbonyl (C=O) groups excluding carboxylic acids is 2. The molecule has 0 saturated heterocycles. The molecule has 308 valence electrons. The number of aliphatic carboxylic acids is 1. The third kappa shape index (κ3) is 12.6. The number of nitrogens with zero attached hydrogens (tertiary/aromatic N) is 1. The zero-order valence-electron chi connectivity index (χ0n) is 34.3. The van der Waals surface area contributed by atoms with E-state index in [2.05, 4.69) is 10.3 Å². The van der Waals surface area contributed by atoms with E-state index < -0.39 is 29.9 Å². The second-order valence-electron chi connectivity index (χ2n) is 14.6. The Bertz CT molecular complexity index is 2550. The maximum Gasteiger partial charge on any atom is 0.328 e. The van der Waals surface area contributed by atoms with Crippen LogP contribution in [0.2, 0.25) is 0 Å². The van der Waals surface area contributed by atoms with E-state index in [0.29, 0.717) is 23.6 Å². The van der Waals surface area contributed by atoms with Crippen molar-refractivity contribution in [3.63, 3.8) is 0 Å². The molecule has 0 aliphatic carbocycles. The average molecular weight is 815 g/mol. The highest BCUT2D eigenvalue weighted by atomic mass is 19.1. The fraction of sp³-hybridized carbons (Fsp3) is 0.154. The Morgan fingerprint density at radius 2 is 1.23 bits per heavy atom. The molecule has 7 aromatic carbocycles. The van der Waals surface area contributed by atoms with Crippen molar-refractivity contribution in [3.05, 3.63) is 220 Å². The molecule has 2 N–H and O–H groups in total. The molecule has 9 heteroatoms. The van der Waals surface area contributed by atoms with E-state index in [1.54, 1.807) is 31.2 Å². The molecular weight excluding hydrogens is 768 g/mol. The Labute approximate surface area is 355 Å². The van der Waals surface area contributed by atoms with Gasteiger partial charge in [0.15, 0.2) is 0 Å². The molecule has 0 radical (unpaired) electrons. The van der Waals surface area contributed by atoms with Crippen LogP contribution in [-0.2, 0) is 27.4 Å². The SMILES string of the molecule is Cc1ccc(CC(NC(=O)c2ccc3ccccc3c2)C(=O)O)cc1.Cc1ccc(COc2ccc(C(C)OC(=O)CN=C(c3ccccc3)c3ccccc3)c(F)c2)cc1. The van der Waals surface area contributed by atoms with Crippen LogP contribution in [0.3, 0.4) is 0 Å². The van der Waals surface area contributed by atoms with Gasteiger partial charge in [0.05, 0.1) is 5.71 Å². The molecule has 7 rings (SSSR count). The standard InChI is InChI=1S/C31H28FNO3.C21H19NO3/c1-22-13-15-24(16-14-22)21-35-27-17-18-28(29(32)19-27)23(2)36-30(34)20-33-31(25-9-5-3-6-10-25)26-11-7-4-8-12-26;1-14-6-8-15(9-7-14)12-19(21(24)25)22-20(23)18-11-10-16-4-2-3-5-17(16)13-18/h3-19,23H,20-21H2,1-2H3;2-11,13,19H,12H2,1H3,(H,22,23)(H,24,25). The first-order chi connectivity index (χ1) is 29.5. The normalized spacial score (nSPS) is 11.6. The third-order valence-electron chi connectivity index (χ3n) is 9.88. The van der Waals surface area contributed by atoms with Gasteiger partial charge in [-0.3, -0.25) is 14.6 Å². The molecule has 7 aromatic rings. The van der Waals surface area contributed by atoms with Crippen LogP contribution in [0, 0.1) is 19.7 Å². The summed E-state index contributed by atoms with van der Waals surface area (Å²) >= 11 is 0. The first kappa shape index (κ1) is 43.2. The van der Waals surface area contributed by atoms with Crippen molar-refractivity contribution in [1.29, 1.82) is 0 Å². The zero-order valence-corrected chi connectivity index (χ0v) is 34.3. The van der Waals surface area contributed by atoms with E-state index in [-0.39, 0.29) is 24.4 Å². The fourth-order valence-electron chi connectivity index (χ4n) is 6.49. The molecule has 0 saturated carbocycles. The van der Waals surface area contributed by atoms with Gasteiger partial charge in [-0.1, -0.05) is 151 Å². The average Bonchev–Trinajstić information content (AvgIpc) is 3.27. The molecule has 0 fully saturated rings. The number of carboxylic acids is 1. The predicted molar refractivity (Wildman–Crippen MR) is 238 cm³/mol. The van der Waals surface area contributed by atoms with Crippen molar-refractivity contribution >= 4 is 34.3 Å². The molecular formula is C52H47FN2O6. The Kier molecular flexibility index (Phi) is 14.9. The lowest BCUT2D eigenvalue weighted by atomic mass is 10.0. The van der Waals surface area contributed by atoms with Crippen molar-refractivity contribution in [2.24, 2.45) is 4.99 Å². The highest BCUT2D eigenvalue weighted by Gasteiger charge is 2.22. The molecule has 1 amide bonds. The molecule has 0 aromatic heterocycles. The molecule has 0 aliphatic heterocycles. The van der Waals surface area contributed by atoms with E-state index in [1.807, 2.05) is 153 Å². The summed E-state index contributed by atoms with van der Waals surface area (Å²) < 4.78 is 26.0. The molecule has 8 nitrogen and oxygen atoms in total. The summed E-state index contributed by atoms with van der Waals surface area (Å²) in [6, 6.07) is 51.6. The maximum atomic E-state index is 14.8. The first-order valence-corrected chi connectivity index (χ1v) is 19.9. The van der Waals surface area contributed by atoms with Gasteiger partial charge >= 0.3 is 11.9 Å². The van der Waals surface area contributed by atoms with Crippen LogP contribution >= 0.6 is 0 Å². The molecule has 61 heavy (non-hydrogen) atoms. The highest BCUT2D eigenvalue weighted by molar-refractivity contribution is 6.13. The molecule has 0 heterocycles. The van der Waals surface area contributed by atoms with Crippen molar-refractivity contribution < 1.29 is 33.4 Å². The number of esters is 1. The number of carbonyl (C=O) groups is 3. The van der Waals surface area contributed by atoms with Crippen molar-refractivity contribution in [1.82, 2.24) is 5.32 Å². The molecule has 2 atom stereocenters. The van der Waals surface area contributed by atoms with Crippen molar-refractivity contribution in [2.75, 3.05) is 6.54 Å². The number of rotatable bonds is 14. The zero-order chi connectivity index (χ0) is 43.1. The number of amides is 1. The number of aliphatic imine (C=N–C) groups is 1. The van der Waals surface area contributed by atoms with Gasteiger partial charge in [-0.2, -0.15) is 0 Å². The van der Waals surface area contributed by atoms with E-state index >= 15 is 0 Å². The number of nitrogens with one attached hydrogen (secondary N) is 1. The van der Waals surface area contributed by atoms with Gasteiger partial charge < -0.3 is 19.9 Å². The van der Waals surface area contributed by atoms with E-state index in [9.17, 15) is 23.9 Å². The molecule has 2 unspecified atom stereocenters. The third-order valence-corrected chi connectivity index (χ3v) is 9.88. The summed E-state index contributed by atoms with van der Waals surface area (Å²) in [4.78, 5) is 41.1. The summed E-state index contributed by atoms with van der Waals surface area (Å²) in [6.07, 6.45) is -0.523. The minimum atomic E-state index is -1.05. The topological polar surface area (TPSA) is 114 Å². The van der Waals surface area contributed by atoms with Gasteiger partial charge in [0.1, 0.15) is 36.9 Å². The Morgan fingerprint density at radius 3 is 1.82 bits per heavy atom. The minimum Gasteiger partial charge on any atom is -0.489 e. The Hall–Kier alpha value is -7.39. The van der Waals surface area contributed by atoms with Crippen molar-refractivity contribution in [2.45, 2.75) is 45.9 Å². The van der Waals surface area contributed by atoms with Crippen LogP contribution in [0.4, 0.5) is 4.39 Å². The van der Waals surface area contributed by atoms with Gasteiger partial charge in [-0.15, -0.1) is 0 Å². The van der Waals surface area contributed by atoms with Gasteiger partial charge in [0.25, 0.3) is 5.91 Å². The van der Waals surface area contributed by atoms with Gasteiger partial charge in [0, 0.05) is 34.7 Å². The molecule has 0 spiro atoms. The minimum absolute atomic E-state index is 0.178. The number of fused-ring (bicyclic) bond motifs is 1. The smallest absolute Gasteiger partial charge is 0.328 e. The Morgan fingerprint density at radius 1 is 0.656 bits per heavy atom. The summed E-state index contributed by atoms with van der Waals surface area (Å²) in [7, 11) is 0. The predicted octanol–water partition coefficient (Wildman–Crippen LogP) is 10.4. The van der Waals surface area contributed by atoms with E-state index in [1.165, 1.54) is 11.6 Å². The number of hydrogen-bond donors (Lipinski definition) is 2.